The third kappa shape index (κ3) is 1.81. The first kappa shape index (κ1) is 7.73. The van der Waals surface area contributed by atoms with Crippen molar-refractivity contribution in [3.8, 4) is 0 Å². The van der Waals surface area contributed by atoms with Gasteiger partial charge in [-0.25, -0.2) is 0 Å². The van der Waals surface area contributed by atoms with E-state index >= 15 is 0 Å². The summed E-state index contributed by atoms with van der Waals surface area (Å²) in [6.45, 7) is 2.95. The quantitative estimate of drug-likeness (QED) is 0.556. The number of hydrogen-bond acceptors (Lipinski definition) is 2. The zero-order valence-electron chi connectivity index (χ0n) is 6.38. The molecule has 0 aromatic heterocycles. The summed E-state index contributed by atoms with van der Waals surface area (Å²) in [7, 11) is 0. The van der Waals surface area contributed by atoms with E-state index in [1.807, 2.05) is 0 Å². The van der Waals surface area contributed by atoms with E-state index in [4.69, 9.17) is 4.74 Å². The van der Waals surface area contributed by atoms with E-state index < -0.39 is 0 Å². The van der Waals surface area contributed by atoms with Crippen molar-refractivity contribution in [1.82, 2.24) is 0 Å². The Bertz CT molecular complexity index is 112. The van der Waals surface area contributed by atoms with Crippen LogP contribution in [0.3, 0.4) is 0 Å². The first-order chi connectivity index (χ1) is 4.86. The molecule has 1 heterocycles. The van der Waals surface area contributed by atoms with Gasteiger partial charge in [-0.15, -0.1) is 0 Å². The Labute approximate surface area is 61.6 Å². The average molecular weight is 142 g/mol. The van der Waals surface area contributed by atoms with Gasteiger partial charge in [-0.3, -0.25) is 0 Å². The van der Waals surface area contributed by atoms with Crippen LogP contribution in [0.5, 0.6) is 0 Å². The highest BCUT2D eigenvalue weighted by Crippen LogP contribution is 2.21. The summed E-state index contributed by atoms with van der Waals surface area (Å²) in [5.74, 6) is 0.639. The SMILES string of the molecule is CCCC1COC(C=O)C1. The van der Waals surface area contributed by atoms with Crippen LogP contribution < -0.4 is 0 Å². The minimum Gasteiger partial charge on any atom is -0.370 e. The molecule has 1 fully saturated rings. The van der Waals surface area contributed by atoms with E-state index in [-0.39, 0.29) is 6.10 Å². The van der Waals surface area contributed by atoms with Crippen molar-refractivity contribution in [2.24, 2.45) is 5.92 Å². The summed E-state index contributed by atoms with van der Waals surface area (Å²) < 4.78 is 5.20. The van der Waals surface area contributed by atoms with Crippen molar-refractivity contribution in [2.45, 2.75) is 32.3 Å². The molecular formula is C8H14O2. The maximum atomic E-state index is 10.2. The fourth-order valence-electron chi connectivity index (χ4n) is 1.43. The molecule has 0 bridgehead atoms. The van der Waals surface area contributed by atoms with Crippen LogP contribution in [0.4, 0.5) is 0 Å². The van der Waals surface area contributed by atoms with E-state index in [0.717, 1.165) is 19.3 Å². The molecular weight excluding hydrogens is 128 g/mol. The van der Waals surface area contributed by atoms with Gasteiger partial charge in [0.15, 0.2) is 0 Å². The standard InChI is InChI=1S/C8H14O2/c1-2-3-7-4-8(5-9)10-6-7/h5,7-8H,2-4,6H2,1H3. The van der Waals surface area contributed by atoms with Gasteiger partial charge in [0.2, 0.25) is 0 Å². The normalized spacial score (nSPS) is 32.5. The van der Waals surface area contributed by atoms with Gasteiger partial charge in [-0.1, -0.05) is 13.3 Å². The zero-order valence-corrected chi connectivity index (χ0v) is 6.38. The van der Waals surface area contributed by atoms with E-state index in [1.165, 1.54) is 12.8 Å². The molecule has 1 rings (SSSR count). The van der Waals surface area contributed by atoms with E-state index in [9.17, 15) is 4.79 Å². The molecule has 2 unspecified atom stereocenters. The summed E-state index contributed by atoms with van der Waals surface area (Å²) in [6, 6.07) is 0. The van der Waals surface area contributed by atoms with Gasteiger partial charge in [-0.05, 0) is 18.8 Å². The first-order valence-electron chi connectivity index (χ1n) is 3.93. The van der Waals surface area contributed by atoms with Crippen molar-refractivity contribution in [3.63, 3.8) is 0 Å². The van der Waals surface area contributed by atoms with Crippen molar-refractivity contribution in [2.75, 3.05) is 6.61 Å². The first-order valence-corrected chi connectivity index (χ1v) is 3.93. The molecule has 0 radical (unpaired) electrons. The summed E-state index contributed by atoms with van der Waals surface area (Å²) in [5.41, 5.74) is 0. The molecule has 2 nitrogen and oxygen atoms in total. The Hall–Kier alpha value is -0.370. The zero-order chi connectivity index (χ0) is 7.40. The third-order valence-corrected chi connectivity index (χ3v) is 1.96. The van der Waals surface area contributed by atoms with Crippen LogP contribution >= 0.6 is 0 Å². The molecule has 0 aromatic rings. The van der Waals surface area contributed by atoms with Crippen molar-refractivity contribution in [1.29, 1.82) is 0 Å². The van der Waals surface area contributed by atoms with E-state index in [1.54, 1.807) is 0 Å². The third-order valence-electron chi connectivity index (χ3n) is 1.96. The van der Waals surface area contributed by atoms with Gasteiger partial charge in [-0.2, -0.15) is 0 Å². The fourth-order valence-corrected chi connectivity index (χ4v) is 1.43. The molecule has 0 aliphatic carbocycles. The molecule has 2 atom stereocenters. The summed E-state index contributed by atoms with van der Waals surface area (Å²) in [5, 5.41) is 0. The second kappa shape index (κ2) is 3.71. The lowest BCUT2D eigenvalue weighted by Gasteiger charge is -2.01. The lowest BCUT2D eigenvalue weighted by molar-refractivity contribution is -0.115. The number of aldehydes is 1. The van der Waals surface area contributed by atoms with Crippen LogP contribution in [0.1, 0.15) is 26.2 Å². The maximum Gasteiger partial charge on any atom is 0.148 e. The second-order valence-corrected chi connectivity index (χ2v) is 2.90. The van der Waals surface area contributed by atoms with Gasteiger partial charge >= 0.3 is 0 Å². The Morgan fingerprint density at radius 2 is 2.50 bits per heavy atom. The molecule has 0 spiro atoms. The fraction of sp³-hybridized carbons (Fsp3) is 0.875. The van der Waals surface area contributed by atoms with Crippen LogP contribution in [0.25, 0.3) is 0 Å². The largest absolute Gasteiger partial charge is 0.370 e. The van der Waals surface area contributed by atoms with Crippen LogP contribution in [0, 0.1) is 5.92 Å². The molecule has 58 valence electrons. The van der Waals surface area contributed by atoms with Gasteiger partial charge in [0.25, 0.3) is 0 Å². The molecule has 10 heavy (non-hydrogen) atoms. The van der Waals surface area contributed by atoms with Gasteiger partial charge in [0, 0.05) is 0 Å². The lowest BCUT2D eigenvalue weighted by Crippen LogP contribution is -2.05. The monoisotopic (exact) mass is 142 g/mol. The highest BCUT2D eigenvalue weighted by atomic mass is 16.5. The number of carbonyl (C=O) groups is 1. The van der Waals surface area contributed by atoms with Gasteiger partial charge in [0.1, 0.15) is 12.4 Å². The molecule has 1 aliphatic heterocycles. The number of ether oxygens (including phenoxy) is 1. The van der Waals surface area contributed by atoms with Crippen molar-refractivity contribution in [3.05, 3.63) is 0 Å². The maximum absolute atomic E-state index is 10.2. The lowest BCUT2D eigenvalue weighted by atomic mass is 10.0. The topological polar surface area (TPSA) is 26.3 Å². The molecule has 0 amide bonds. The Morgan fingerprint density at radius 1 is 1.70 bits per heavy atom. The van der Waals surface area contributed by atoms with Crippen LogP contribution in [-0.2, 0) is 9.53 Å². The van der Waals surface area contributed by atoms with Crippen LogP contribution in [-0.4, -0.2) is 19.0 Å². The predicted octanol–water partition coefficient (Wildman–Crippen LogP) is 1.39. The molecule has 1 aliphatic rings. The highest BCUT2D eigenvalue weighted by Gasteiger charge is 2.23. The summed E-state index contributed by atoms with van der Waals surface area (Å²) in [4.78, 5) is 10.2. The summed E-state index contributed by atoms with van der Waals surface area (Å²) >= 11 is 0. The van der Waals surface area contributed by atoms with Crippen LogP contribution in [0.15, 0.2) is 0 Å². The predicted molar refractivity (Wildman–Crippen MR) is 38.8 cm³/mol. The molecule has 0 N–H and O–H groups in total. The molecule has 2 heteroatoms. The smallest absolute Gasteiger partial charge is 0.148 e. The minimum absolute atomic E-state index is 0.100. The van der Waals surface area contributed by atoms with E-state index in [2.05, 4.69) is 6.92 Å². The number of rotatable bonds is 3. The van der Waals surface area contributed by atoms with Crippen LogP contribution in [0.2, 0.25) is 0 Å². The Kier molecular flexibility index (Phi) is 2.87. The second-order valence-electron chi connectivity index (χ2n) is 2.90. The van der Waals surface area contributed by atoms with E-state index in [0.29, 0.717) is 5.92 Å². The summed E-state index contributed by atoms with van der Waals surface area (Å²) in [6.07, 6.45) is 4.15. The molecule has 1 saturated heterocycles. The van der Waals surface area contributed by atoms with Crippen molar-refractivity contribution < 1.29 is 9.53 Å². The van der Waals surface area contributed by atoms with Gasteiger partial charge < -0.3 is 9.53 Å². The average Bonchev–Trinajstić information content (AvgIpc) is 2.37. The number of carbonyl (C=O) groups excluding carboxylic acids is 1. The number of hydrogen-bond donors (Lipinski definition) is 0. The Morgan fingerprint density at radius 3 is 3.00 bits per heavy atom. The molecule has 0 aromatic carbocycles. The minimum atomic E-state index is -0.100. The Balaban J connectivity index is 2.21. The highest BCUT2D eigenvalue weighted by molar-refractivity contribution is 5.56. The van der Waals surface area contributed by atoms with Crippen molar-refractivity contribution >= 4 is 6.29 Å². The van der Waals surface area contributed by atoms with Gasteiger partial charge in [0.05, 0.1) is 6.61 Å². The molecule has 0 saturated carbocycles.